The molecule has 1 aromatic carbocycles. The molecule has 5 heteroatoms. The Morgan fingerprint density at radius 2 is 1.95 bits per heavy atom. The first-order chi connectivity index (χ1) is 8.97. The third kappa shape index (κ3) is 2.73. The van der Waals surface area contributed by atoms with E-state index >= 15 is 0 Å². The van der Waals surface area contributed by atoms with Gasteiger partial charge < -0.3 is 9.73 Å². The third-order valence-electron chi connectivity index (χ3n) is 3.18. The summed E-state index contributed by atoms with van der Waals surface area (Å²) in [6.45, 7) is 7.09. The molecule has 0 aliphatic carbocycles. The fourth-order valence-corrected chi connectivity index (χ4v) is 2.97. The zero-order valence-corrected chi connectivity index (χ0v) is 13.4. The molecule has 0 aliphatic heterocycles. The molecule has 0 saturated carbocycles. The smallest absolute Gasteiger partial charge is 0.154 e. The summed E-state index contributed by atoms with van der Waals surface area (Å²) >= 11 is 18.5. The van der Waals surface area contributed by atoms with Gasteiger partial charge in [0.25, 0.3) is 0 Å². The number of halogens is 3. The zero-order valence-electron chi connectivity index (χ0n) is 11.1. The van der Waals surface area contributed by atoms with Crippen molar-refractivity contribution in [1.29, 1.82) is 0 Å². The van der Waals surface area contributed by atoms with E-state index in [1.54, 1.807) is 6.07 Å². The molecule has 2 rings (SSSR count). The topological polar surface area (TPSA) is 25.2 Å². The lowest BCUT2D eigenvalue weighted by Gasteiger charge is -2.11. The first-order valence-electron chi connectivity index (χ1n) is 6.27. The van der Waals surface area contributed by atoms with Crippen LogP contribution in [0.5, 0.6) is 0 Å². The number of furan rings is 1. The molecule has 0 amide bonds. The molecular weight excluding hydrogens is 305 g/mol. The summed E-state index contributed by atoms with van der Waals surface area (Å²) in [7, 11) is 0. The van der Waals surface area contributed by atoms with Gasteiger partial charge >= 0.3 is 0 Å². The number of benzene rings is 1. The van der Waals surface area contributed by atoms with Crippen LogP contribution < -0.4 is 5.32 Å². The second kappa shape index (κ2) is 5.92. The summed E-state index contributed by atoms with van der Waals surface area (Å²) in [5.41, 5.74) is 1.59. The van der Waals surface area contributed by atoms with Gasteiger partial charge in [-0.1, -0.05) is 41.7 Å². The quantitative estimate of drug-likeness (QED) is 0.724. The summed E-state index contributed by atoms with van der Waals surface area (Å²) in [6, 6.07) is 1.73. The van der Waals surface area contributed by atoms with Crippen LogP contribution in [0.15, 0.2) is 10.5 Å². The highest BCUT2D eigenvalue weighted by Crippen LogP contribution is 2.41. The number of fused-ring (bicyclic) bond motifs is 1. The highest BCUT2D eigenvalue weighted by Gasteiger charge is 2.21. The fraction of sp³-hybridized carbons (Fsp3) is 0.429. The van der Waals surface area contributed by atoms with Crippen LogP contribution in [0.3, 0.4) is 0 Å². The van der Waals surface area contributed by atoms with Crippen molar-refractivity contribution in [2.45, 2.75) is 33.2 Å². The summed E-state index contributed by atoms with van der Waals surface area (Å²) < 4.78 is 5.89. The standard InChI is InChI=1S/C14H16Cl3NO/c1-4-5-18-8(3)13-7(2)11-12(17)9(15)6-10(16)14(11)19-13/h6,8,18H,4-5H2,1-3H3. The van der Waals surface area contributed by atoms with Crippen LogP contribution in [0, 0.1) is 6.92 Å². The molecule has 0 spiro atoms. The Hall–Kier alpha value is -0.410. The van der Waals surface area contributed by atoms with Gasteiger partial charge in [0.15, 0.2) is 5.58 Å². The second-order valence-electron chi connectivity index (χ2n) is 4.63. The first kappa shape index (κ1) is 15.0. The van der Waals surface area contributed by atoms with Crippen molar-refractivity contribution in [2.24, 2.45) is 0 Å². The highest BCUT2D eigenvalue weighted by molar-refractivity contribution is 6.47. The first-order valence-corrected chi connectivity index (χ1v) is 7.40. The predicted octanol–water partition coefficient (Wildman–Crippen LogP) is 5.76. The molecule has 0 aliphatic rings. The van der Waals surface area contributed by atoms with Gasteiger partial charge in [-0.3, -0.25) is 0 Å². The van der Waals surface area contributed by atoms with Gasteiger partial charge in [-0.2, -0.15) is 0 Å². The Morgan fingerprint density at radius 1 is 1.26 bits per heavy atom. The summed E-state index contributed by atoms with van der Waals surface area (Å²) in [6.07, 6.45) is 1.07. The number of rotatable bonds is 4. The van der Waals surface area contributed by atoms with Crippen molar-refractivity contribution in [3.8, 4) is 0 Å². The van der Waals surface area contributed by atoms with E-state index in [1.807, 2.05) is 6.92 Å². The molecule has 0 radical (unpaired) electrons. The maximum atomic E-state index is 6.25. The minimum absolute atomic E-state index is 0.109. The maximum Gasteiger partial charge on any atom is 0.154 e. The van der Waals surface area contributed by atoms with Gasteiger partial charge in [-0.25, -0.2) is 0 Å². The molecule has 0 fully saturated rings. The molecule has 1 unspecified atom stereocenters. The lowest BCUT2D eigenvalue weighted by molar-refractivity contribution is 0.449. The van der Waals surface area contributed by atoms with E-state index in [0.29, 0.717) is 20.7 Å². The third-order valence-corrected chi connectivity index (χ3v) is 4.25. The van der Waals surface area contributed by atoms with Crippen LogP contribution in [-0.2, 0) is 0 Å². The van der Waals surface area contributed by atoms with E-state index in [4.69, 9.17) is 39.2 Å². The van der Waals surface area contributed by atoms with Gasteiger partial charge in [0, 0.05) is 10.9 Å². The summed E-state index contributed by atoms with van der Waals surface area (Å²) in [4.78, 5) is 0. The largest absolute Gasteiger partial charge is 0.457 e. The molecule has 1 aromatic heterocycles. The summed E-state index contributed by atoms with van der Waals surface area (Å²) in [5, 5.41) is 5.63. The zero-order chi connectivity index (χ0) is 14.2. The molecular formula is C14H16Cl3NO. The van der Waals surface area contributed by atoms with Crippen LogP contribution in [0.25, 0.3) is 11.0 Å². The Bertz CT molecular complexity index is 606. The van der Waals surface area contributed by atoms with Crippen LogP contribution in [-0.4, -0.2) is 6.54 Å². The number of hydrogen-bond donors (Lipinski definition) is 1. The van der Waals surface area contributed by atoms with E-state index in [9.17, 15) is 0 Å². The Labute approximate surface area is 128 Å². The van der Waals surface area contributed by atoms with Gasteiger partial charge in [0.2, 0.25) is 0 Å². The van der Waals surface area contributed by atoms with Crippen LogP contribution >= 0.6 is 34.8 Å². The van der Waals surface area contributed by atoms with Gasteiger partial charge in [-0.15, -0.1) is 0 Å². The molecule has 1 atom stereocenters. The Kier molecular flexibility index (Phi) is 4.67. The van der Waals surface area contributed by atoms with Gasteiger partial charge in [0.1, 0.15) is 5.76 Å². The van der Waals surface area contributed by atoms with Gasteiger partial charge in [-0.05, 0) is 32.9 Å². The molecule has 104 valence electrons. The number of aryl methyl sites for hydroxylation is 1. The average molecular weight is 321 g/mol. The fourth-order valence-electron chi connectivity index (χ4n) is 2.19. The van der Waals surface area contributed by atoms with E-state index < -0.39 is 0 Å². The molecule has 2 aromatic rings. The number of nitrogens with one attached hydrogen (secondary N) is 1. The lowest BCUT2D eigenvalue weighted by Crippen LogP contribution is -2.19. The van der Waals surface area contributed by atoms with E-state index in [2.05, 4.69) is 19.2 Å². The van der Waals surface area contributed by atoms with Crippen molar-refractivity contribution in [1.82, 2.24) is 5.32 Å². The summed E-state index contributed by atoms with van der Waals surface area (Å²) in [5.74, 6) is 0.856. The van der Waals surface area contributed by atoms with Crippen LogP contribution in [0.2, 0.25) is 15.1 Å². The minimum Gasteiger partial charge on any atom is -0.457 e. The van der Waals surface area contributed by atoms with E-state index in [-0.39, 0.29) is 6.04 Å². The van der Waals surface area contributed by atoms with Crippen molar-refractivity contribution in [2.75, 3.05) is 6.54 Å². The lowest BCUT2D eigenvalue weighted by atomic mass is 10.1. The normalized spacial score (nSPS) is 13.2. The Balaban J connectivity index is 2.57. The SMILES string of the molecule is CCCNC(C)c1oc2c(Cl)cc(Cl)c(Cl)c2c1C. The van der Waals surface area contributed by atoms with E-state index in [0.717, 1.165) is 29.7 Å². The second-order valence-corrected chi connectivity index (χ2v) is 5.82. The number of hydrogen-bond acceptors (Lipinski definition) is 2. The van der Waals surface area contributed by atoms with E-state index in [1.165, 1.54) is 0 Å². The monoisotopic (exact) mass is 319 g/mol. The highest BCUT2D eigenvalue weighted by atomic mass is 35.5. The van der Waals surface area contributed by atoms with Crippen molar-refractivity contribution in [3.63, 3.8) is 0 Å². The van der Waals surface area contributed by atoms with Crippen LogP contribution in [0.4, 0.5) is 0 Å². The Morgan fingerprint density at radius 3 is 2.58 bits per heavy atom. The molecule has 2 nitrogen and oxygen atoms in total. The molecule has 19 heavy (non-hydrogen) atoms. The van der Waals surface area contributed by atoms with Crippen molar-refractivity contribution < 1.29 is 4.42 Å². The average Bonchev–Trinajstić information content (AvgIpc) is 2.72. The molecule has 1 N–H and O–H groups in total. The predicted molar refractivity (Wildman–Crippen MR) is 82.7 cm³/mol. The maximum absolute atomic E-state index is 6.25. The van der Waals surface area contributed by atoms with Gasteiger partial charge in [0.05, 0.1) is 21.1 Å². The molecule has 0 bridgehead atoms. The molecule has 0 saturated heterocycles. The minimum atomic E-state index is 0.109. The van der Waals surface area contributed by atoms with Crippen molar-refractivity contribution >= 4 is 45.8 Å². The molecule has 1 heterocycles. The van der Waals surface area contributed by atoms with Crippen LogP contribution in [0.1, 0.15) is 37.6 Å². The van der Waals surface area contributed by atoms with Crippen molar-refractivity contribution in [3.05, 3.63) is 32.5 Å².